The highest BCUT2D eigenvalue weighted by Crippen LogP contribution is 1.96. The molecule has 102 valence electrons. The first-order valence-electron chi connectivity index (χ1n) is 5.72. The molecule has 2 amide bonds. The van der Waals surface area contributed by atoms with Crippen molar-refractivity contribution in [2.45, 2.75) is 19.4 Å². The van der Waals surface area contributed by atoms with Gasteiger partial charge in [0.25, 0.3) is 0 Å². The third-order valence-electron chi connectivity index (χ3n) is 2.27. The van der Waals surface area contributed by atoms with Gasteiger partial charge in [0.1, 0.15) is 6.54 Å². The van der Waals surface area contributed by atoms with Crippen molar-refractivity contribution >= 4 is 12.0 Å². The maximum absolute atomic E-state index is 11.8. The van der Waals surface area contributed by atoms with E-state index in [1.807, 2.05) is 25.9 Å². The van der Waals surface area contributed by atoms with Gasteiger partial charge < -0.3 is 20.2 Å². The molecule has 1 atom stereocenters. The second kappa shape index (κ2) is 8.37. The molecule has 0 saturated carbocycles. The van der Waals surface area contributed by atoms with Crippen molar-refractivity contribution in [2.24, 2.45) is 0 Å². The van der Waals surface area contributed by atoms with Gasteiger partial charge in [-0.15, -0.1) is 6.42 Å². The Morgan fingerprint density at radius 2 is 2.06 bits per heavy atom. The zero-order chi connectivity index (χ0) is 14.1. The molecule has 0 aromatic carbocycles. The van der Waals surface area contributed by atoms with Crippen molar-refractivity contribution in [3.63, 3.8) is 0 Å². The fourth-order valence-corrected chi connectivity index (χ4v) is 1.30. The number of nitrogens with one attached hydrogen (secondary N) is 1. The van der Waals surface area contributed by atoms with E-state index in [1.165, 1.54) is 0 Å². The molecule has 0 spiro atoms. The zero-order valence-electron chi connectivity index (χ0n) is 11.1. The number of aliphatic carboxylic acids is 1. The Kier molecular flexibility index (Phi) is 7.56. The third kappa shape index (κ3) is 7.52. The van der Waals surface area contributed by atoms with Gasteiger partial charge in [0.15, 0.2) is 0 Å². The lowest BCUT2D eigenvalue weighted by Crippen LogP contribution is -2.46. The zero-order valence-corrected chi connectivity index (χ0v) is 11.1. The van der Waals surface area contributed by atoms with Gasteiger partial charge >= 0.3 is 12.0 Å². The van der Waals surface area contributed by atoms with E-state index in [9.17, 15) is 9.59 Å². The van der Waals surface area contributed by atoms with Crippen LogP contribution < -0.4 is 5.32 Å². The minimum absolute atomic E-state index is 0.0153. The second-order valence-corrected chi connectivity index (χ2v) is 4.40. The number of nitrogens with zero attached hydrogens (tertiary/aromatic N) is 2. The fraction of sp³-hybridized carbons (Fsp3) is 0.667. The molecule has 0 aromatic heterocycles. The van der Waals surface area contributed by atoms with Crippen LogP contribution in [0, 0.1) is 12.3 Å². The molecule has 2 N–H and O–H groups in total. The number of terminal acetylenes is 1. The molecule has 0 bridgehead atoms. The van der Waals surface area contributed by atoms with Crippen LogP contribution >= 0.6 is 0 Å². The lowest BCUT2D eigenvalue weighted by molar-refractivity contribution is -0.137. The molecular weight excluding hydrogens is 234 g/mol. The molecule has 0 heterocycles. The minimum Gasteiger partial charge on any atom is -0.480 e. The van der Waals surface area contributed by atoms with Crippen LogP contribution in [0.3, 0.4) is 0 Å². The molecule has 0 aliphatic rings. The minimum atomic E-state index is -1.08. The smallest absolute Gasteiger partial charge is 0.323 e. The highest BCUT2D eigenvalue weighted by molar-refractivity contribution is 5.80. The van der Waals surface area contributed by atoms with E-state index in [-0.39, 0.29) is 12.6 Å². The van der Waals surface area contributed by atoms with Crippen molar-refractivity contribution in [1.29, 1.82) is 0 Å². The summed E-state index contributed by atoms with van der Waals surface area (Å²) in [5.74, 6) is 1.19. The Hall–Kier alpha value is -1.74. The predicted octanol–water partition coefficient (Wildman–Crippen LogP) is 0.0560. The standard InChI is InChI=1S/C12H21N3O3/c1-5-7-15(9-11(16)17)12(18)13-10(2)6-8-14(3)4/h1,10H,6-9H2,2-4H3,(H,13,18)(H,16,17). The number of carboxylic acids is 1. The summed E-state index contributed by atoms with van der Waals surface area (Å²) in [6.07, 6.45) is 5.89. The van der Waals surface area contributed by atoms with Crippen molar-refractivity contribution in [1.82, 2.24) is 15.1 Å². The lowest BCUT2D eigenvalue weighted by atomic mass is 10.2. The van der Waals surface area contributed by atoms with Gasteiger partial charge in [0, 0.05) is 6.04 Å². The van der Waals surface area contributed by atoms with E-state index in [0.717, 1.165) is 17.9 Å². The molecule has 0 rings (SSSR count). The summed E-state index contributed by atoms with van der Waals surface area (Å²) in [4.78, 5) is 25.5. The first-order valence-corrected chi connectivity index (χ1v) is 5.72. The van der Waals surface area contributed by atoms with Gasteiger partial charge in [0.05, 0.1) is 6.54 Å². The summed E-state index contributed by atoms with van der Waals surface area (Å²) in [6.45, 7) is 2.31. The molecule has 1 unspecified atom stereocenters. The lowest BCUT2D eigenvalue weighted by Gasteiger charge is -2.22. The van der Waals surface area contributed by atoms with Gasteiger partial charge in [-0.1, -0.05) is 5.92 Å². The van der Waals surface area contributed by atoms with E-state index in [1.54, 1.807) is 0 Å². The number of carbonyl (C=O) groups excluding carboxylic acids is 1. The molecule has 0 aliphatic carbocycles. The number of hydrogen-bond acceptors (Lipinski definition) is 3. The monoisotopic (exact) mass is 255 g/mol. The molecule has 6 nitrogen and oxygen atoms in total. The van der Waals surface area contributed by atoms with E-state index in [4.69, 9.17) is 11.5 Å². The quantitative estimate of drug-likeness (QED) is 0.631. The summed E-state index contributed by atoms with van der Waals surface area (Å²) in [5.41, 5.74) is 0. The SMILES string of the molecule is C#CCN(CC(=O)O)C(=O)NC(C)CCN(C)C. The molecule has 0 saturated heterocycles. The van der Waals surface area contributed by atoms with Crippen molar-refractivity contribution in [2.75, 3.05) is 33.7 Å². The van der Waals surface area contributed by atoms with Gasteiger partial charge in [-0.05, 0) is 34.0 Å². The van der Waals surface area contributed by atoms with Crippen LogP contribution in [-0.2, 0) is 4.79 Å². The van der Waals surface area contributed by atoms with Crippen LogP contribution in [0.1, 0.15) is 13.3 Å². The topological polar surface area (TPSA) is 72.9 Å². The van der Waals surface area contributed by atoms with Crippen LogP contribution in [0.2, 0.25) is 0 Å². The second-order valence-electron chi connectivity index (χ2n) is 4.40. The van der Waals surface area contributed by atoms with Crippen LogP contribution in [-0.4, -0.2) is 66.7 Å². The number of rotatable bonds is 7. The Balaban J connectivity index is 4.24. The predicted molar refractivity (Wildman–Crippen MR) is 69.2 cm³/mol. The van der Waals surface area contributed by atoms with Crippen molar-refractivity contribution < 1.29 is 14.7 Å². The largest absolute Gasteiger partial charge is 0.480 e. The number of carboxylic acid groups (broad SMARTS) is 1. The van der Waals surface area contributed by atoms with Gasteiger partial charge in [-0.25, -0.2) is 4.79 Å². The maximum atomic E-state index is 11.8. The highest BCUT2D eigenvalue weighted by atomic mass is 16.4. The fourth-order valence-electron chi connectivity index (χ4n) is 1.30. The molecule has 18 heavy (non-hydrogen) atoms. The molecule has 0 fully saturated rings. The first kappa shape index (κ1) is 16.3. The number of urea groups is 1. The van der Waals surface area contributed by atoms with E-state index in [2.05, 4.69) is 11.2 Å². The highest BCUT2D eigenvalue weighted by Gasteiger charge is 2.17. The summed E-state index contributed by atoms with van der Waals surface area (Å²) in [7, 11) is 3.90. The van der Waals surface area contributed by atoms with E-state index < -0.39 is 18.5 Å². The number of amides is 2. The third-order valence-corrected chi connectivity index (χ3v) is 2.27. The van der Waals surface area contributed by atoms with Gasteiger partial charge in [-0.2, -0.15) is 0 Å². The Labute approximate surface area is 108 Å². The normalized spacial score (nSPS) is 11.7. The maximum Gasteiger partial charge on any atom is 0.323 e. The van der Waals surface area contributed by atoms with Crippen molar-refractivity contribution in [3.05, 3.63) is 0 Å². The Morgan fingerprint density at radius 3 is 2.50 bits per heavy atom. The average molecular weight is 255 g/mol. The van der Waals surface area contributed by atoms with E-state index in [0.29, 0.717) is 0 Å². The molecular formula is C12H21N3O3. The molecule has 6 heteroatoms. The Morgan fingerprint density at radius 1 is 1.44 bits per heavy atom. The Bertz CT molecular complexity index is 323. The molecule has 0 aromatic rings. The van der Waals surface area contributed by atoms with E-state index >= 15 is 0 Å². The van der Waals surface area contributed by atoms with Gasteiger partial charge in [0.2, 0.25) is 0 Å². The van der Waals surface area contributed by atoms with Crippen LogP contribution in [0.25, 0.3) is 0 Å². The summed E-state index contributed by atoms with van der Waals surface area (Å²) in [5, 5.41) is 11.4. The summed E-state index contributed by atoms with van der Waals surface area (Å²) in [6, 6.07) is -0.476. The van der Waals surface area contributed by atoms with Gasteiger partial charge in [-0.3, -0.25) is 4.79 Å². The number of hydrogen-bond donors (Lipinski definition) is 2. The van der Waals surface area contributed by atoms with Crippen LogP contribution in [0.4, 0.5) is 4.79 Å². The first-order chi connectivity index (χ1) is 8.36. The summed E-state index contributed by atoms with van der Waals surface area (Å²) < 4.78 is 0. The number of carbonyl (C=O) groups is 2. The molecule has 0 aliphatic heterocycles. The van der Waals surface area contributed by atoms with Crippen LogP contribution in [0.15, 0.2) is 0 Å². The van der Waals surface area contributed by atoms with Crippen LogP contribution in [0.5, 0.6) is 0 Å². The summed E-state index contributed by atoms with van der Waals surface area (Å²) >= 11 is 0. The molecule has 0 radical (unpaired) electrons. The van der Waals surface area contributed by atoms with Crippen molar-refractivity contribution in [3.8, 4) is 12.3 Å². The average Bonchev–Trinajstić information content (AvgIpc) is 2.25.